The molecule has 3 saturated heterocycles. The molecule has 0 spiro atoms. The number of benzene rings is 1. The van der Waals surface area contributed by atoms with Gasteiger partial charge in [0.2, 0.25) is 0 Å². The second kappa shape index (κ2) is 8.09. The minimum atomic E-state index is 0.118. The van der Waals surface area contributed by atoms with Crippen LogP contribution in [0.5, 0.6) is 0 Å². The Morgan fingerprint density at radius 3 is 2.78 bits per heavy atom. The summed E-state index contributed by atoms with van der Waals surface area (Å²) in [4.78, 5) is 24.5. The van der Waals surface area contributed by atoms with Crippen molar-refractivity contribution < 1.29 is 4.79 Å². The van der Waals surface area contributed by atoms with E-state index in [9.17, 15) is 4.79 Å². The van der Waals surface area contributed by atoms with E-state index in [0.717, 1.165) is 44.2 Å². The van der Waals surface area contributed by atoms with E-state index in [4.69, 9.17) is 0 Å². The molecule has 3 aliphatic heterocycles. The van der Waals surface area contributed by atoms with E-state index >= 15 is 0 Å². The van der Waals surface area contributed by atoms with Crippen LogP contribution < -0.4 is 0 Å². The minimum absolute atomic E-state index is 0.118. The van der Waals surface area contributed by atoms with Crippen LogP contribution >= 0.6 is 11.3 Å². The van der Waals surface area contributed by atoms with Crippen LogP contribution in [-0.2, 0) is 13.1 Å². The summed E-state index contributed by atoms with van der Waals surface area (Å²) in [6.07, 6.45) is 2.33. The van der Waals surface area contributed by atoms with E-state index < -0.39 is 0 Å². The lowest BCUT2D eigenvalue weighted by Crippen LogP contribution is -2.47. The van der Waals surface area contributed by atoms with Crippen LogP contribution in [0.3, 0.4) is 0 Å². The maximum atomic E-state index is 13.1. The molecule has 0 unspecified atom stereocenters. The van der Waals surface area contributed by atoms with E-state index in [1.807, 2.05) is 19.5 Å². The van der Waals surface area contributed by atoms with Crippen molar-refractivity contribution >= 4 is 17.2 Å². The first-order chi connectivity index (χ1) is 13.1. The number of fused-ring (bicyclic) bond motifs is 4. The van der Waals surface area contributed by atoms with Crippen LogP contribution in [0.2, 0.25) is 0 Å². The summed E-state index contributed by atoms with van der Waals surface area (Å²) in [5.74, 6) is 0.684. The molecule has 6 heteroatoms. The fraction of sp³-hybridized carbons (Fsp3) is 0.524. The number of rotatable bonds is 5. The topological polar surface area (TPSA) is 39.7 Å². The third-order valence-corrected chi connectivity index (χ3v) is 6.35. The van der Waals surface area contributed by atoms with Gasteiger partial charge in [0.15, 0.2) is 0 Å². The molecule has 1 amide bonds. The fourth-order valence-corrected chi connectivity index (χ4v) is 5.18. The van der Waals surface area contributed by atoms with Crippen LogP contribution in [0.4, 0.5) is 0 Å². The first kappa shape index (κ1) is 18.6. The molecule has 144 valence electrons. The van der Waals surface area contributed by atoms with Gasteiger partial charge in [-0.15, -0.1) is 11.3 Å². The number of thiazole rings is 1. The first-order valence-corrected chi connectivity index (χ1v) is 10.6. The Labute approximate surface area is 165 Å². The molecular weight excluding hydrogens is 356 g/mol. The molecular formula is C21H28N4OS. The molecule has 3 fully saturated rings. The summed E-state index contributed by atoms with van der Waals surface area (Å²) >= 11 is 1.59. The summed E-state index contributed by atoms with van der Waals surface area (Å²) in [7, 11) is 4.05. The number of piperidine rings is 1. The van der Waals surface area contributed by atoms with Gasteiger partial charge in [-0.1, -0.05) is 30.3 Å². The Morgan fingerprint density at radius 2 is 2.00 bits per heavy atom. The first-order valence-electron chi connectivity index (χ1n) is 9.75. The van der Waals surface area contributed by atoms with Gasteiger partial charge in [-0.05, 0) is 38.4 Å². The van der Waals surface area contributed by atoms with Crippen LogP contribution in [0.1, 0.15) is 33.9 Å². The zero-order valence-electron chi connectivity index (χ0n) is 16.2. The number of nitrogens with zero attached hydrogens (tertiary/aromatic N) is 4. The number of carbonyl (C=O) groups excluding carboxylic acids is 1. The van der Waals surface area contributed by atoms with Crippen molar-refractivity contribution in [1.82, 2.24) is 19.7 Å². The zero-order chi connectivity index (χ0) is 18.8. The number of carbonyl (C=O) groups is 1. The van der Waals surface area contributed by atoms with Gasteiger partial charge in [-0.2, -0.15) is 0 Å². The fourth-order valence-electron chi connectivity index (χ4n) is 4.30. The van der Waals surface area contributed by atoms with Gasteiger partial charge in [0.25, 0.3) is 5.91 Å². The van der Waals surface area contributed by atoms with E-state index in [-0.39, 0.29) is 5.91 Å². The number of hydrogen-bond donors (Lipinski definition) is 0. The highest BCUT2D eigenvalue weighted by Gasteiger charge is 2.38. The van der Waals surface area contributed by atoms with E-state index in [2.05, 4.69) is 50.0 Å². The summed E-state index contributed by atoms with van der Waals surface area (Å²) < 4.78 is 0. The van der Waals surface area contributed by atoms with Crippen molar-refractivity contribution in [3.63, 3.8) is 0 Å². The average Bonchev–Trinajstić information content (AvgIpc) is 2.93. The smallest absolute Gasteiger partial charge is 0.273 e. The molecule has 0 radical (unpaired) electrons. The van der Waals surface area contributed by atoms with Gasteiger partial charge >= 0.3 is 0 Å². The van der Waals surface area contributed by atoms with Crippen molar-refractivity contribution in [2.45, 2.75) is 32.0 Å². The molecule has 2 bridgehead atoms. The molecule has 0 saturated carbocycles. The quantitative estimate of drug-likeness (QED) is 0.795. The van der Waals surface area contributed by atoms with Crippen molar-refractivity contribution in [2.24, 2.45) is 5.92 Å². The molecule has 0 N–H and O–H groups in total. The van der Waals surface area contributed by atoms with E-state index in [0.29, 0.717) is 17.7 Å². The minimum Gasteiger partial charge on any atom is -0.333 e. The van der Waals surface area contributed by atoms with Gasteiger partial charge in [-0.3, -0.25) is 9.69 Å². The number of amides is 1. The summed E-state index contributed by atoms with van der Waals surface area (Å²) in [5, 5.41) is 2.94. The highest BCUT2D eigenvalue weighted by Crippen LogP contribution is 2.30. The van der Waals surface area contributed by atoms with Gasteiger partial charge in [0, 0.05) is 44.1 Å². The predicted octanol–water partition coefficient (Wildman–Crippen LogP) is 2.94. The van der Waals surface area contributed by atoms with Gasteiger partial charge in [0.1, 0.15) is 10.7 Å². The Morgan fingerprint density at radius 1 is 1.19 bits per heavy atom. The monoisotopic (exact) mass is 384 g/mol. The van der Waals surface area contributed by atoms with Crippen LogP contribution in [0.25, 0.3) is 0 Å². The molecule has 0 aliphatic carbocycles. The molecule has 5 nitrogen and oxygen atoms in total. The average molecular weight is 385 g/mol. The maximum Gasteiger partial charge on any atom is 0.273 e. The van der Waals surface area contributed by atoms with Crippen LogP contribution in [0, 0.1) is 5.92 Å². The van der Waals surface area contributed by atoms with Crippen molar-refractivity contribution in [3.8, 4) is 0 Å². The maximum absolute atomic E-state index is 13.1. The molecule has 1 aromatic carbocycles. The second-order valence-electron chi connectivity index (χ2n) is 8.10. The van der Waals surface area contributed by atoms with Crippen LogP contribution in [-0.4, -0.2) is 65.4 Å². The van der Waals surface area contributed by atoms with E-state index in [1.165, 1.54) is 12.0 Å². The Hall–Kier alpha value is -1.76. The zero-order valence-corrected chi connectivity index (χ0v) is 17.0. The number of hydrogen-bond acceptors (Lipinski definition) is 5. The Bertz CT molecular complexity index is 775. The highest BCUT2D eigenvalue weighted by molar-refractivity contribution is 7.09. The predicted molar refractivity (Wildman–Crippen MR) is 109 cm³/mol. The standard InChI is InChI=1S/C21H28N4OS/c1-23(2)14-20-22-19(15-27-20)21(26)25-12-17-8-9-18(25)13-24(11-17)10-16-6-4-3-5-7-16/h3-7,15,17-18H,8-14H2,1-2H3/t17-,18+/m0/s1. The number of aromatic nitrogens is 1. The molecule has 5 rings (SSSR count). The SMILES string of the molecule is CN(C)Cc1nc(C(=O)N2C[C@H]3CC[C@@H]2CN(Cc2ccccc2)C3)cs1. The van der Waals surface area contributed by atoms with Gasteiger partial charge < -0.3 is 9.80 Å². The summed E-state index contributed by atoms with van der Waals surface area (Å²) in [6, 6.07) is 11.0. The van der Waals surface area contributed by atoms with Gasteiger partial charge in [-0.25, -0.2) is 4.98 Å². The Balaban J connectivity index is 1.45. The Kier molecular flexibility index (Phi) is 5.57. The van der Waals surface area contributed by atoms with Gasteiger partial charge in [0.05, 0.1) is 0 Å². The molecule has 1 aromatic heterocycles. The normalized spacial score (nSPS) is 23.0. The lowest BCUT2D eigenvalue weighted by molar-refractivity contribution is 0.0579. The lowest BCUT2D eigenvalue weighted by Gasteiger charge is -2.35. The summed E-state index contributed by atoms with van der Waals surface area (Å²) in [6.45, 7) is 4.67. The van der Waals surface area contributed by atoms with Crippen LogP contribution in [0.15, 0.2) is 35.7 Å². The molecule has 2 aromatic rings. The molecule has 3 aliphatic rings. The molecule has 2 atom stereocenters. The third-order valence-electron chi connectivity index (χ3n) is 5.52. The largest absolute Gasteiger partial charge is 0.333 e. The lowest BCUT2D eigenvalue weighted by atomic mass is 9.95. The summed E-state index contributed by atoms with van der Waals surface area (Å²) in [5.41, 5.74) is 1.98. The molecule has 4 heterocycles. The van der Waals surface area contributed by atoms with Crippen molar-refractivity contribution in [3.05, 3.63) is 52.0 Å². The molecule has 27 heavy (non-hydrogen) atoms. The van der Waals surface area contributed by atoms with Crippen molar-refractivity contribution in [1.29, 1.82) is 0 Å². The van der Waals surface area contributed by atoms with Crippen molar-refractivity contribution in [2.75, 3.05) is 33.7 Å². The van der Waals surface area contributed by atoms with E-state index in [1.54, 1.807) is 11.3 Å². The third kappa shape index (κ3) is 4.39. The second-order valence-corrected chi connectivity index (χ2v) is 9.04. The highest BCUT2D eigenvalue weighted by atomic mass is 32.1.